The first kappa shape index (κ1) is 13.5. The van der Waals surface area contributed by atoms with Gasteiger partial charge in [0.05, 0.1) is 0 Å². The van der Waals surface area contributed by atoms with Crippen molar-refractivity contribution in [2.75, 3.05) is 19.8 Å². The van der Waals surface area contributed by atoms with Crippen LogP contribution in [0.4, 0.5) is 0 Å². The topological polar surface area (TPSA) is 32.3 Å². The first-order valence-electron chi connectivity index (χ1n) is 3.57. The van der Waals surface area contributed by atoms with Crippen LogP contribution in [0.1, 0.15) is 26.2 Å². The Labute approximate surface area is 85.3 Å². The van der Waals surface area contributed by atoms with Crippen LogP contribution in [0.2, 0.25) is 0 Å². The molecule has 0 rings (SSSR count). The average molecular weight is 154 g/mol. The molecule has 0 radical (unpaired) electrons. The van der Waals surface area contributed by atoms with E-state index in [1.54, 1.807) is 0 Å². The molecule has 2 nitrogen and oxygen atoms in total. The van der Waals surface area contributed by atoms with Gasteiger partial charge >= 0.3 is 29.6 Å². The summed E-state index contributed by atoms with van der Waals surface area (Å²) in [5.74, 6) is 0. The second-order valence-electron chi connectivity index (χ2n) is 2.02. The van der Waals surface area contributed by atoms with Gasteiger partial charge in [0.1, 0.15) is 0 Å². The maximum absolute atomic E-state index is 9.84. The molecule has 56 valence electrons. The van der Waals surface area contributed by atoms with E-state index in [9.17, 15) is 5.11 Å². The van der Waals surface area contributed by atoms with E-state index in [1.807, 2.05) is 0 Å². The summed E-state index contributed by atoms with van der Waals surface area (Å²) in [7, 11) is 0. The Morgan fingerprint density at radius 3 is 2.40 bits per heavy atom. The Kier molecular flexibility index (Phi) is 17.0. The van der Waals surface area contributed by atoms with Gasteiger partial charge in [0, 0.05) is 13.2 Å². The van der Waals surface area contributed by atoms with Gasteiger partial charge in [-0.25, -0.2) is 0 Å². The third-order valence-corrected chi connectivity index (χ3v) is 1.12. The number of rotatable bonds is 6. The van der Waals surface area contributed by atoms with Crippen LogP contribution in [-0.4, -0.2) is 19.8 Å². The molecule has 0 aromatic carbocycles. The minimum absolute atomic E-state index is 0. The van der Waals surface area contributed by atoms with E-state index >= 15 is 0 Å². The van der Waals surface area contributed by atoms with Crippen LogP contribution in [0.15, 0.2) is 0 Å². The summed E-state index contributed by atoms with van der Waals surface area (Å²) in [6, 6.07) is 0. The minimum atomic E-state index is -0.105. The zero-order valence-corrected chi connectivity index (χ0v) is 9.06. The van der Waals surface area contributed by atoms with Crippen LogP contribution in [0.3, 0.4) is 0 Å². The molecule has 0 atom stereocenters. The average Bonchev–Trinajstić information content (AvgIpc) is 1.89. The van der Waals surface area contributed by atoms with Crippen molar-refractivity contribution in [3.05, 3.63) is 0 Å². The Bertz CT molecular complexity index is 44.9. The molecule has 0 aromatic rings. The molecule has 0 N–H and O–H groups in total. The summed E-state index contributed by atoms with van der Waals surface area (Å²) >= 11 is 0. The van der Waals surface area contributed by atoms with Gasteiger partial charge in [0.2, 0.25) is 0 Å². The van der Waals surface area contributed by atoms with Crippen LogP contribution in [0.25, 0.3) is 0 Å². The van der Waals surface area contributed by atoms with Gasteiger partial charge in [-0.3, -0.25) is 0 Å². The smallest absolute Gasteiger partial charge is 0.853 e. The third-order valence-electron chi connectivity index (χ3n) is 1.12. The molecule has 0 saturated heterocycles. The molecule has 0 aliphatic rings. The number of ether oxygens (including phenoxy) is 1. The van der Waals surface area contributed by atoms with Crippen LogP contribution < -0.4 is 34.7 Å². The summed E-state index contributed by atoms with van der Waals surface area (Å²) in [5.41, 5.74) is 0. The molecule has 0 fully saturated rings. The number of hydrogen-bond donors (Lipinski definition) is 0. The fraction of sp³-hybridized carbons (Fsp3) is 1.00. The summed E-state index contributed by atoms with van der Waals surface area (Å²) in [5, 5.41) is 9.84. The molecule has 0 aliphatic carbocycles. The standard InChI is InChI=1S/C7H15O2.Na/c1-2-3-4-6-9-7-5-8;/h2-7H2,1H3;/q-1;+1. The molecule has 0 aliphatic heterocycles. The fourth-order valence-electron chi connectivity index (χ4n) is 0.615. The van der Waals surface area contributed by atoms with E-state index in [4.69, 9.17) is 4.74 Å². The van der Waals surface area contributed by atoms with Crippen molar-refractivity contribution in [3.63, 3.8) is 0 Å². The van der Waals surface area contributed by atoms with Gasteiger partial charge in [-0.15, -0.1) is 6.61 Å². The van der Waals surface area contributed by atoms with Crippen molar-refractivity contribution < 1.29 is 39.4 Å². The third kappa shape index (κ3) is 11.7. The Morgan fingerprint density at radius 2 is 1.90 bits per heavy atom. The van der Waals surface area contributed by atoms with Gasteiger partial charge in [0.25, 0.3) is 0 Å². The molecule has 0 aromatic heterocycles. The van der Waals surface area contributed by atoms with Crippen molar-refractivity contribution in [1.29, 1.82) is 0 Å². The molecule has 10 heavy (non-hydrogen) atoms. The number of hydrogen-bond acceptors (Lipinski definition) is 2. The first-order chi connectivity index (χ1) is 4.41. The van der Waals surface area contributed by atoms with Gasteiger partial charge in [-0.05, 0) is 6.42 Å². The molecule has 3 heteroatoms. The van der Waals surface area contributed by atoms with Crippen LogP contribution >= 0.6 is 0 Å². The Morgan fingerprint density at radius 1 is 1.20 bits per heavy atom. The molecular weight excluding hydrogens is 139 g/mol. The van der Waals surface area contributed by atoms with Crippen LogP contribution in [-0.2, 0) is 4.74 Å². The fourth-order valence-corrected chi connectivity index (χ4v) is 0.615. The largest absolute Gasteiger partial charge is 1.00 e. The molecule has 0 bridgehead atoms. The van der Waals surface area contributed by atoms with E-state index in [0.717, 1.165) is 13.0 Å². The van der Waals surface area contributed by atoms with E-state index in [-0.39, 0.29) is 36.2 Å². The van der Waals surface area contributed by atoms with Crippen LogP contribution in [0, 0.1) is 0 Å². The predicted octanol–water partition coefficient (Wildman–Crippen LogP) is -2.44. The molecule has 0 amide bonds. The van der Waals surface area contributed by atoms with E-state index in [2.05, 4.69) is 6.92 Å². The second-order valence-corrected chi connectivity index (χ2v) is 2.02. The predicted molar refractivity (Wildman–Crippen MR) is 35.2 cm³/mol. The molecular formula is C7H15NaO2. The Hall–Kier alpha value is 0.920. The van der Waals surface area contributed by atoms with Crippen molar-refractivity contribution in [2.45, 2.75) is 26.2 Å². The zero-order valence-electron chi connectivity index (χ0n) is 7.06. The van der Waals surface area contributed by atoms with Crippen molar-refractivity contribution >= 4 is 0 Å². The van der Waals surface area contributed by atoms with Gasteiger partial charge in [-0.2, -0.15) is 0 Å². The van der Waals surface area contributed by atoms with Gasteiger partial charge in [-0.1, -0.05) is 19.8 Å². The van der Waals surface area contributed by atoms with Crippen LogP contribution in [0.5, 0.6) is 0 Å². The SMILES string of the molecule is CCCCCOCC[O-].[Na+]. The molecule has 0 saturated carbocycles. The van der Waals surface area contributed by atoms with Gasteiger partial charge < -0.3 is 9.84 Å². The second kappa shape index (κ2) is 12.6. The van der Waals surface area contributed by atoms with Crippen molar-refractivity contribution in [3.8, 4) is 0 Å². The van der Waals surface area contributed by atoms with E-state index in [1.165, 1.54) is 12.8 Å². The summed E-state index contributed by atoms with van der Waals surface area (Å²) in [4.78, 5) is 0. The van der Waals surface area contributed by atoms with E-state index < -0.39 is 0 Å². The summed E-state index contributed by atoms with van der Waals surface area (Å²) < 4.78 is 4.97. The number of unbranched alkanes of at least 4 members (excludes halogenated alkanes) is 2. The van der Waals surface area contributed by atoms with Gasteiger partial charge in [0.15, 0.2) is 0 Å². The minimum Gasteiger partial charge on any atom is -0.853 e. The monoisotopic (exact) mass is 154 g/mol. The van der Waals surface area contributed by atoms with Crippen molar-refractivity contribution in [1.82, 2.24) is 0 Å². The zero-order chi connectivity index (χ0) is 6.95. The van der Waals surface area contributed by atoms with Crippen molar-refractivity contribution in [2.24, 2.45) is 0 Å². The molecule has 0 unspecified atom stereocenters. The maximum Gasteiger partial charge on any atom is 1.00 e. The quantitative estimate of drug-likeness (QED) is 0.314. The molecule has 0 spiro atoms. The van der Waals surface area contributed by atoms with E-state index in [0.29, 0.717) is 6.61 Å². The maximum atomic E-state index is 9.84. The first-order valence-corrected chi connectivity index (χ1v) is 3.57. The summed E-state index contributed by atoms with van der Waals surface area (Å²) in [6.45, 7) is 3.18. The molecule has 0 heterocycles. The summed E-state index contributed by atoms with van der Waals surface area (Å²) in [6.07, 6.45) is 3.51. The normalized spacial score (nSPS) is 9.00. The Balaban J connectivity index is 0.